The first-order valence-corrected chi connectivity index (χ1v) is 9.30. The van der Waals surface area contributed by atoms with Crippen LogP contribution in [-0.2, 0) is 14.3 Å². The largest absolute Gasteiger partial charge is 0.452 e. The molecule has 0 aromatic heterocycles. The molecule has 0 bridgehead atoms. The van der Waals surface area contributed by atoms with Gasteiger partial charge in [0, 0.05) is 18.2 Å². The number of ether oxygens (including phenoxy) is 1. The lowest BCUT2D eigenvalue weighted by molar-refractivity contribution is -0.384. The van der Waals surface area contributed by atoms with Crippen LogP contribution in [0.5, 0.6) is 0 Å². The van der Waals surface area contributed by atoms with E-state index in [2.05, 4.69) is 5.32 Å². The molecule has 7 heteroatoms. The predicted molar refractivity (Wildman–Crippen MR) is 114 cm³/mol. The molecule has 1 amide bonds. The van der Waals surface area contributed by atoms with Gasteiger partial charge in [0.05, 0.1) is 11.0 Å². The fourth-order valence-electron chi connectivity index (χ4n) is 3.08. The highest BCUT2D eigenvalue weighted by molar-refractivity contribution is 5.90. The number of nitro benzene ring substituents is 1. The Morgan fingerprint density at radius 1 is 1.10 bits per heavy atom. The second kappa shape index (κ2) is 9.47. The van der Waals surface area contributed by atoms with Crippen molar-refractivity contribution in [3.8, 4) is 0 Å². The Bertz CT molecular complexity index is 1120. The number of esters is 1. The molecule has 1 atom stereocenters. The smallest absolute Gasteiger partial charge is 0.331 e. The van der Waals surface area contributed by atoms with E-state index in [1.165, 1.54) is 24.3 Å². The molecular weight excluding hydrogens is 384 g/mol. The van der Waals surface area contributed by atoms with Crippen LogP contribution >= 0.6 is 0 Å². The maximum atomic E-state index is 12.2. The van der Waals surface area contributed by atoms with Crippen molar-refractivity contribution in [3.05, 3.63) is 94.0 Å². The average molecular weight is 404 g/mol. The molecule has 0 aliphatic carbocycles. The van der Waals surface area contributed by atoms with Crippen LogP contribution < -0.4 is 5.32 Å². The summed E-state index contributed by atoms with van der Waals surface area (Å²) in [5.41, 5.74) is 1.38. The normalized spacial score (nSPS) is 11.9. The Morgan fingerprint density at radius 3 is 2.63 bits per heavy atom. The highest BCUT2D eigenvalue weighted by Crippen LogP contribution is 2.24. The second-order valence-electron chi connectivity index (χ2n) is 6.65. The van der Waals surface area contributed by atoms with E-state index >= 15 is 0 Å². The predicted octanol–water partition coefficient (Wildman–Crippen LogP) is 4.18. The van der Waals surface area contributed by atoms with Crippen molar-refractivity contribution < 1.29 is 19.2 Å². The van der Waals surface area contributed by atoms with Crippen molar-refractivity contribution in [1.82, 2.24) is 5.32 Å². The number of carbonyl (C=O) groups is 2. The molecule has 3 aromatic carbocycles. The van der Waals surface area contributed by atoms with E-state index in [1.54, 1.807) is 6.07 Å². The zero-order valence-corrected chi connectivity index (χ0v) is 16.3. The summed E-state index contributed by atoms with van der Waals surface area (Å²) >= 11 is 0. The molecule has 7 nitrogen and oxygen atoms in total. The molecule has 152 valence electrons. The van der Waals surface area contributed by atoms with Crippen LogP contribution in [0.25, 0.3) is 16.8 Å². The zero-order chi connectivity index (χ0) is 21.5. The minimum atomic E-state index is -0.713. The summed E-state index contributed by atoms with van der Waals surface area (Å²) in [6.07, 6.45) is 2.52. The van der Waals surface area contributed by atoms with Crippen LogP contribution in [0, 0.1) is 10.1 Å². The molecule has 0 aliphatic rings. The van der Waals surface area contributed by atoms with Crippen molar-refractivity contribution >= 4 is 34.4 Å². The number of nitrogens with zero attached hydrogens (tertiary/aromatic N) is 1. The highest BCUT2D eigenvalue weighted by atomic mass is 16.6. The number of hydrogen-bond donors (Lipinski definition) is 1. The third-order valence-electron chi connectivity index (χ3n) is 4.51. The van der Waals surface area contributed by atoms with Crippen molar-refractivity contribution in [2.75, 3.05) is 6.61 Å². The average Bonchev–Trinajstić information content (AvgIpc) is 2.76. The summed E-state index contributed by atoms with van der Waals surface area (Å²) < 4.78 is 4.96. The van der Waals surface area contributed by atoms with Crippen LogP contribution in [0.2, 0.25) is 0 Å². The third kappa shape index (κ3) is 5.29. The van der Waals surface area contributed by atoms with Gasteiger partial charge in [-0.2, -0.15) is 0 Å². The SMILES string of the molecule is C[C@H](NC(=O)COC(=O)/C=C/c1cccc([N+](=O)[O-])c1)c1cccc2ccccc12. The van der Waals surface area contributed by atoms with Gasteiger partial charge in [0.15, 0.2) is 6.61 Å². The highest BCUT2D eigenvalue weighted by Gasteiger charge is 2.13. The Labute approximate surface area is 173 Å². The van der Waals surface area contributed by atoms with Gasteiger partial charge in [-0.25, -0.2) is 4.79 Å². The molecule has 0 spiro atoms. The van der Waals surface area contributed by atoms with Gasteiger partial charge in [0.25, 0.3) is 11.6 Å². The van der Waals surface area contributed by atoms with Crippen LogP contribution in [0.4, 0.5) is 5.69 Å². The van der Waals surface area contributed by atoms with E-state index in [9.17, 15) is 19.7 Å². The van der Waals surface area contributed by atoms with Gasteiger partial charge in [0.1, 0.15) is 0 Å². The lowest BCUT2D eigenvalue weighted by Gasteiger charge is -2.16. The first-order chi connectivity index (χ1) is 14.4. The summed E-state index contributed by atoms with van der Waals surface area (Å²) in [4.78, 5) is 34.3. The molecule has 3 rings (SSSR count). The van der Waals surface area contributed by atoms with E-state index in [-0.39, 0.29) is 11.7 Å². The lowest BCUT2D eigenvalue weighted by Crippen LogP contribution is -2.31. The maximum Gasteiger partial charge on any atom is 0.331 e. The monoisotopic (exact) mass is 404 g/mol. The molecule has 0 aliphatic heterocycles. The van der Waals surface area contributed by atoms with Gasteiger partial charge >= 0.3 is 5.97 Å². The second-order valence-corrected chi connectivity index (χ2v) is 6.65. The molecule has 0 heterocycles. The Hall–Kier alpha value is -4.00. The van der Waals surface area contributed by atoms with E-state index < -0.39 is 23.4 Å². The fraction of sp³-hybridized carbons (Fsp3) is 0.130. The standard InChI is InChI=1S/C23H20N2O5/c1-16(20-11-5-8-18-7-2-3-10-21(18)20)24-22(26)15-30-23(27)13-12-17-6-4-9-19(14-17)25(28)29/h2-14,16H,15H2,1H3,(H,24,26)/b13-12+/t16-/m0/s1. The molecular formula is C23H20N2O5. The van der Waals surface area contributed by atoms with E-state index in [0.29, 0.717) is 5.56 Å². The maximum absolute atomic E-state index is 12.2. The molecule has 0 saturated heterocycles. The molecule has 30 heavy (non-hydrogen) atoms. The first-order valence-electron chi connectivity index (χ1n) is 9.30. The van der Waals surface area contributed by atoms with Gasteiger partial charge in [-0.15, -0.1) is 0 Å². The van der Waals surface area contributed by atoms with Gasteiger partial charge in [-0.05, 0) is 34.9 Å². The number of rotatable bonds is 7. The van der Waals surface area contributed by atoms with Crippen LogP contribution in [0.1, 0.15) is 24.1 Å². The number of benzene rings is 3. The van der Waals surface area contributed by atoms with Gasteiger partial charge in [0.2, 0.25) is 0 Å². The number of fused-ring (bicyclic) bond motifs is 1. The summed E-state index contributed by atoms with van der Waals surface area (Å²) in [6, 6.07) is 19.3. The number of carbonyl (C=O) groups excluding carboxylic acids is 2. The third-order valence-corrected chi connectivity index (χ3v) is 4.51. The zero-order valence-electron chi connectivity index (χ0n) is 16.3. The Balaban J connectivity index is 1.54. The van der Waals surface area contributed by atoms with Gasteiger partial charge < -0.3 is 10.1 Å². The fourth-order valence-corrected chi connectivity index (χ4v) is 3.08. The minimum Gasteiger partial charge on any atom is -0.452 e. The van der Waals surface area contributed by atoms with Crippen LogP contribution in [0.3, 0.4) is 0 Å². The molecule has 1 N–H and O–H groups in total. The first kappa shape index (κ1) is 20.7. The lowest BCUT2D eigenvalue weighted by atomic mass is 10.00. The van der Waals surface area contributed by atoms with E-state index in [4.69, 9.17) is 4.74 Å². The summed E-state index contributed by atoms with van der Waals surface area (Å²) in [5, 5.41) is 15.7. The van der Waals surface area contributed by atoms with Gasteiger partial charge in [-0.1, -0.05) is 54.6 Å². The quantitative estimate of drug-likeness (QED) is 0.276. The van der Waals surface area contributed by atoms with Crippen LogP contribution in [0.15, 0.2) is 72.8 Å². The number of nitrogens with one attached hydrogen (secondary N) is 1. The molecule has 3 aromatic rings. The molecule has 0 saturated carbocycles. The van der Waals surface area contributed by atoms with E-state index in [0.717, 1.165) is 22.4 Å². The molecule has 0 radical (unpaired) electrons. The van der Waals surface area contributed by atoms with Crippen molar-refractivity contribution in [1.29, 1.82) is 0 Å². The Morgan fingerprint density at radius 2 is 1.83 bits per heavy atom. The van der Waals surface area contributed by atoms with Crippen molar-refractivity contribution in [2.45, 2.75) is 13.0 Å². The summed E-state index contributed by atoms with van der Waals surface area (Å²) in [7, 11) is 0. The minimum absolute atomic E-state index is 0.0766. The number of amides is 1. The topological polar surface area (TPSA) is 98.5 Å². The van der Waals surface area contributed by atoms with E-state index in [1.807, 2.05) is 49.4 Å². The van der Waals surface area contributed by atoms with Crippen LogP contribution in [-0.4, -0.2) is 23.4 Å². The summed E-state index contributed by atoms with van der Waals surface area (Å²) in [6.45, 7) is 1.44. The van der Waals surface area contributed by atoms with Crippen molar-refractivity contribution in [2.24, 2.45) is 0 Å². The number of hydrogen-bond acceptors (Lipinski definition) is 5. The van der Waals surface area contributed by atoms with Crippen molar-refractivity contribution in [3.63, 3.8) is 0 Å². The molecule has 0 unspecified atom stereocenters. The number of non-ortho nitro benzene ring substituents is 1. The van der Waals surface area contributed by atoms with Gasteiger partial charge in [-0.3, -0.25) is 14.9 Å². The Kier molecular flexibility index (Phi) is 6.54. The number of nitro groups is 1. The summed E-state index contributed by atoms with van der Waals surface area (Å²) in [5.74, 6) is -1.14. The molecule has 0 fully saturated rings.